The normalized spacial score (nSPS) is 26.2. The molecule has 82 valence electrons. The zero-order valence-corrected chi connectivity index (χ0v) is 9.02. The first-order valence-electron chi connectivity index (χ1n) is 5.48. The molecule has 1 saturated carbocycles. The molecule has 1 aliphatic rings. The number of hydrogen-bond acceptors (Lipinski definition) is 4. The molecule has 1 aliphatic carbocycles. The molecule has 0 amide bonds. The van der Waals surface area contributed by atoms with Crippen LogP contribution < -0.4 is 10.5 Å². The van der Waals surface area contributed by atoms with Crippen molar-refractivity contribution in [2.45, 2.75) is 38.7 Å². The number of rotatable bonds is 2. The summed E-state index contributed by atoms with van der Waals surface area (Å²) in [5.74, 6) is 0.831. The summed E-state index contributed by atoms with van der Waals surface area (Å²) in [4.78, 5) is 8.07. The number of aromatic nitrogens is 2. The van der Waals surface area contributed by atoms with Gasteiger partial charge in [-0.1, -0.05) is 6.92 Å². The van der Waals surface area contributed by atoms with E-state index in [2.05, 4.69) is 16.9 Å². The molecule has 0 aliphatic heterocycles. The van der Waals surface area contributed by atoms with Gasteiger partial charge in [0.15, 0.2) is 0 Å². The predicted molar refractivity (Wildman–Crippen MR) is 58.5 cm³/mol. The van der Waals surface area contributed by atoms with Crippen molar-refractivity contribution in [2.24, 2.45) is 5.92 Å². The van der Waals surface area contributed by atoms with Gasteiger partial charge in [-0.05, 0) is 31.6 Å². The SMILES string of the molecule is CC1CCC(Oc2ncc(N)cn2)CC1. The second kappa shape index (κ2) is 4.47. The van der Waals surface area contributed by atoms with E-state index in [9.17, 15) is 0 Å². The largest absolute Gasteiger partial charge is 0.460 e. The molecule has 2 rings (SSSR count). The molecule has 2 N–H and O–H groups in total. The summed E-state index contributed by atoms with van der Waals surface area (Å²) in [7, 11) is 0. The second-order valence-corrected chi connectivity index (χ2v) is 4.30. The fourth-order valence-electron chi connectivity index (χ4n) is 1.88. The Balaban J connectivity index is 1.89. The third-order valence-corrected chi connectivity index (χ3v) is 2.88. The Kier molecular flexibility index (Phi) is 3.04. The highest BCUT2D eigenvalue weighted by Crippen LogP contribution is 2.25. The molecule has 0 spiro atoms. The third kappa shape index (κ3) is 2.81. The lowest BCUT2D eigenvalue weighted by atomic mass is 9.89. The molecule has 1 fully saturated rings. The first-order valence-corrected chi connectivity index (χ1v) is 5.48. The van der Waals surface area contributed by atoms with Crippen LogP contribution >= 0.6 is 0 Å². The first kappa shape index (κ1) is 10.2. The quantitative estimate of drug-likeness (QED) is 0.805. The summed E-state index contributed by atoms with van der Waals surface area (Å²) < 4.78 is 5.68. The highest BCUT2D eigenvalue weighted by atomic mass is 16.5. The summed E-state index contributed by atoms with van der Waals surface area (Å²) in [6.07, 6.45) is 8.12. The summed E-state index contributed by atoms with van der Waals surface area (Å²) in [6, 6.07) is 0.448. The Morgan fingerprint density at radius 2 is 1.80 bits per heavy atom. The van der Waals surface area contributed by atoms with Crippen LogP contribution in [0.15, 0.2) is 12.4 Å². The van der Waals surface area contributed by atoms with Crippen molar-refractivity contribution in [2.75, 3.05) is 5.73 Å². The minimum Gasteiger partial charge on any atom is -0.460 e. The average molecular weight is 207 g/mol. The van der Waals surface area contributed by atoms with Crippen LogP contribution in [0.1, 0.15) is 32.6 Å². The standard InChI is InChI=1S/C11H17N3O/c1-8-2-4-10(5-3-8)15-11-13-6-9(12)7-14-11/h6-8,10H,2-5,12H2,1H3. The smallest absolute Gasteiger partial charge is 0.316 e. The molecule has 4 nitrogen and oxygen atoms in total. The van der Waals surface area contributed by atoms with Crippen LogP contribution in [0.3, 0.4) is 0 Å². The Bertz CT molecular complexity index is 304. The van der Waals surface area contributed by atoms with Gasteiger partial charge in [0.1, 0.15) is 6.10 Å². The zero-order chi connectivity index (χ0) is 10.7. The van der Waals surface area contributed by atoms with Gasteiger partial charge in [0.25, 0.3) is 0 Å². The number of nitrogen functional groups attached to an aromatic ring is 1. The van der Waals surface area contributed by atoms with E-state index in [0.29, 0.717) is 11.7 Å². The van der Waals surface area contributed by atoms with Crippen molar-refractivity contribution < 1.29 is 4.74 Å². The molecular weight excluding hydrogens is 190 g/mol. The molecule has 1 aromatic heterocycles. The lowest BCUT2D eigenvalue weighted by Gasteiger charge is -2.25. The molecule has 0 radical (unpaired) electrons. The van der Waals surface area contributed by atoms with Crippen LogP contribution in [-0.2, 0) is 0 Å². The molecule has 0 saturated heterocycles. The average Bonchev–Trinajstić information content (AvgIpc) is 2.25. The maximum absolute atomic E-state index is 5.68. The van der Waals surface area contributed by atoms with Gasteiger partial charge in [-0.3, -0.25) is 0 Å². The molecule has 1 aromatic rings. The van der Waals surface area contributed by atoms with E-state index in [1.165, 1.54) is 12.8 Å². The molecule has 0 unspecified atom stereocenters. The van der Waals surface area contributed by atoms with Crippen LogP contribution in [-0.4, -0.2) is 16.1 Å². The van der Waals surface area contributed by atoms with E-state index in [-0.39, 0.29) is 6.10 Å². The molecule has 4 heteroatoms. The van der Waals surface area contributed by atoms with Gasteiger partial charge in [0, 0.05) is 0 Å². The van der Waals surface area contributed by atoms with Crippen LogP contribution in [0.2, 0.25) is 0 Å². The van der Waals surface area contributed by atoms with Gasteiger partial charge in [-0.2, -0.15) is 0 Å². The van der Waals surface area contributed by atoms with Gasteiger partial charge in [-0.15, -0.1) is 0 Å². The van der Waals surface area contributed by atoms with Crippen LogP contribution in [0, 0.1) is 5.92 Å². The molecule has 0 atom stereocenters. The zero-order valence-electron chi connectivity index (χ0n) is 9.02. The maximum Gasteiger partial charge on any atom is 0.316 e. The van der Waals surface area contributed by atoms with Crippen molar-refractivity contribution in [3.05, 3.63) is 12.4 Å². The lowest BCUT2D eigenvalue weighted by Crippen LogP contribution is -2.23. The molecule has 1 heterocycles. The van der Waals surface area contributed by atoms with Gasteiger partial charge in [-0.25, -0.2) is 9.97 Å². The van der Waals surface area contributed by atoms with E-state index < -0.39 is 0 Å². The van der Waals surface area contributed by atoms with E-state index >= 15 is 0 Å². The van der Waals surface area contributed by atoms with Crippen LogP contribution in [0.25, 0.3) is 0 Å². The van der Waals surface area contributed by atoms with Crippen molar-refractivity contribution in [3.63, 3.8) is 0 Å². The summed E-state index contributed by atoms with van der Waals surface area (Å²) >= 11 is 0. The number of ether oxygens (including phenoxy) is 1. The molecule has 0 bridgehead atoms. The number of anilines is 1. The van der Waals surface area contributed by atoms with Gasteiger partial charge in [0.2, 0.25) is 0 Å². The fraction of sp³-hybridized carbons (Fsp3) is 0.636. The highest BCUT2D eigenvalue weighted by molar-refractivity contribution is 5.30. The Hall–Kier alpha value is -1.32. The van der Waals surface area contributed by atoms with Crippen molar-refractivity contribution in [1.82, 2.24) is 9.97 Å². The van der Waals surface area contributed by atoms with E-state index in [1.54, 1.807) is 12.4 Å². The summed E-state index contributed by atoms with van der Waals surface area (Å²) in [6.45, 7) is 2.29. The molecular formula is C11H17N3O. The lowest BCUT2D eigenvalue weighted by molar-refractivity contribution is 0.124. The van der Waals surface area contributed by atoms with E-state index in [1.807, 2.05) is 0 Å². The Labute approximate surface area is 89.9 Å². The summed E-state index contributed by atoms with van der Waals surface area (Å²) in [5, 5.41) is 0. The monoisotopic (exact) mass is 207 g/mol. The summed E-state index contributed by atoms with van der Waals surface area (Å²) in [5.41, 5.74) is 6.07. The second-order valence-electron chi connectivity index (χ2n) is 4.30. The van der Waals surface area contributed by atoms with Crippen LogP contribution in [0.5, 0.6) is 6.01 Å². The van der Waals surface area contributed by atoms with Crippen molar-refractivity contribution in [1.29, 1.82) is 0 Å². The molecule has 15 heavy (non-hydrogen) atoms. The molecule has 0 aromatic carbocycles. The van der Waals surface area contributed by atoms with Crippen molar-refractivity contribution >= 4 is 5.69 Å². The van der Waals surface area contributed by atoms with Crippen LogP contribution in [0.4, 0.5) is 5.69 Å². The fourth-order valence-corrected chi connectivity index (χ4v) is 1.88. The van der Waals surface area contributed by atoms with E-state index in [4.69, 9.17) is 10.5 Å². The predicted octanol–water partition coefficient (Wildman–Crippen LogP) is 2.02. The minimum atomic E-state index is 0.282. The highest BCUT2D eigenvalue weighted by Gasteiger charge is 2.20. The maximum atomic E-state index is 5.68. The van der Waals surface area contributed by atoms with Gasteiger partial charge < -0.3 is 10.5 Å². The van der Waals surface area contributed by atoms with Gasteiger partial charge in [0.05, 0.1) is 18.1 Å². The van der Waals surface area contributed by atoms with Gasteiger partial charge >= 0.3 is 6.01 Å². The Morgan fingerprint density at radius 3 is 2.40 bits per heavy atom. The van der Waals surface area contributed by atoms with E-state index in [0.717, 1.165) is 18.8 Å². The first-order chi connectivity index (χ1) is 7.24. The topological polar surface area (TPSA) is 61.0 Å². The number of nitrogens with two attached hydrogens (primary N) is 1. The number of hydrogen-bond donors (Lipinski definition) is 1. The minimum absolute atomic E-state index is 0.282. The van der Waals surface area contributed by atoms with Crippen molar-refractivity contribution in [3.8, 4) is 6.01 Å². The Morgan fingerprint density at radius 1 is 1.20 bits per heavy atom. The number of nitrogens with zero attached hydrogens (tertiary/aromatic N) is 2. The third-order valence-electron chi connectivity index (χ3n) is 2.88.